The van der Waals surface area contributed by atoms with E-state index in [9.17, 15) is 0 Å². The molecule has 0 aromatic heterocycles. The van der Waals surface area contributed by atoms with Crippen LogP contribution in [0, 0.1) is 0 Å². The molecule has 1 fully saturated rings. The Morgan fingerprint density at radius 2 is 0.982 bits per heavy atom. The molecule has 1 spiro atoms. The highest BCUT2D eigenvalue weighted by atomic mass is 16.7. The molecule has 1 saturated heterocycles. The van der Waals surface area contributed by atoms with Crippen LogP contribution in [0.2, 0.25) is 0 Å². The molecule has 5 atom stereocenters. The maximum Gasteiger partial charge on any atom is 0.240 e. The molecule has 2 aliphatic rings. The number of hydrogen-bond donors (Lipinski definition) is 0. The van der Waals surface area contributed by atoms with Crippen LogP contribution in [0.25, 0.3) is 0 Å². The minimum atomic E-state index is -1.21. The van der Waals surface area contributed by atoms with Crippen molar-refractivity contribution in [3.05, 3.63) is 203 Å². The van der Waals surface area contributed by atoms with Gasteiger partial charge in [0.2, 0.25) is 5.79 Å². The average molecular weight is 749 g/mol. The summed E-state index contributed by atoms with van der Waals surface area (Å²) < 4.78 is 47.8. The topological polar surface area (TPSA) is 64.6 Å². The molecule has 7 nitrogen and oxygen atoms in total. The normalized spacial score (nSPS) is 21.6. The monoisotopic (exact) mass is 748 g/mol. The standard InChI is InChI=1S/C49H48O7/c1-6-16-37(17-7-1)31-50-36-45-46(52-33-39-20-10-3-11-21-39)47(53-34-40-22-12-4-13-23-40)48(54-35-41-24-14-5-15-25-41)49(56-45)29-28-42-30-43(26-27-44(42)55-49)51-32-38-18-8-2-9-19-38/h1-27,30,45-48H,28-29,31-36H2. The van der Waals surface area contributed by atoms with Gasteiger partial charge in [-0.05, 0) is 58.0 Å². The van der Waals surface area contributed by atoms with E-state index < -0.39 is 30.2 Å². The second-order valence-corrected chi connectivity index (χ2v) is 14.4. The first-order valence-electron chi connectivity index (χ1n) is 19.5. The minimum absolute atomic E-state index is 0.259. The lowest BCUT2D eigenvalue weighted by Gasteiger charge is -2.53. The van der Waals surface area contributed by atoms with Crippen LogP contribution in [0.15, 0.2) is 170 Å². The Kier molecular flexibility index (Phi) is 12.5. The van der Waals surface area contributed by atoms with Gasteiger partial charge in [-0.2, -0.15) is 0 Å². The SMILES string of the molecule is c1ccc(COCC2OC3(CCc4cc(OCc5ccccc5)ccc4O3)C(OCc3ccccc3)C(OCc3ccccc3)C2OCc2ccccc2)cc1. The number of rotatable bonds is 16. The Morgan fingerprint density at radius 1 is 0.500 bits per heavy atom. The summed E-state index contributed by atoms with van der Waals surface area (Å²) in [4.78, 5) is 0. The lowest BCUT2D eigenvalue weighted by atomic mass is 9.86. The molecule has 2 heterocycles. The highest BCUT2D eigenvalue weighted by molar-refractivity contribution is 5.42. The van der Waals surface area contributed by atoms with Gasteiger partial charge in [0.25, 0.3) is 0 Å². The van der Waals surface area contributed by atoms with Crippen molar-refractivity contribution >= 4 is 0 Å². The maximum absolute atomic E-state index is 7.22. The smallest absolute Gasteiger partial charge is 0.240 e. The quantitative estimate of drug-likeness (QED) is 0.0977. The molecule has 2 aliphatic heterocycles. The molecule has 0 N–H and O–H groups in total. The summed E-state index contributed by atoms with van der Waals surface area (Å²) in [6.45, 7) is 2.23. The zero-order valence-corrected chi connectivity index (χ0v) is 31.5. The van der Waals surface area contributed by atoms with Crippen molar-refractivity contribution in [3.63, 3.8) is 0 Å². The van der Waals surface area contributed by atoms with E-state index in [4.69, 9.17) is 33.2 Å². The van der Waals surface area contributed by atoms with E-state index in [-0.39, 0.29) is 6.61 Å². The van der Waals surface area contributed by atoms with Crippen molar-refractivity contribution in [1.82, 2.24) is 0 Å². The first-order valence-corrected chi connectivity index (χ1v) is 19.5. The van der Waals surface area contributed by atoms with Crippen LogP contribution in [0.1, 0.15) is 39.8 Å². The van der Waals surface area contributed by atoms with E-state index in [0.29, 0.717) is 45.9 Å². The van der Waals surface area contributed by atoms with Gasteiger partial charge in [-0.15, -0.1) is 0 Å². The predicted octanol–water partition coefficient (Wildman–Crippen LogP) is 9.66. The highest BCUT2D eigenvalue weighted by Crippen LogP contribution is 2.45. The van der Waals surface area contributed by atoms with Crippen LogP contribution in [-0.2, 0) is 63.1 Å². The zero-order valence-electron chi connectivity index (χ0n) is 31.5. The van der Waals surface area contributed by atoms with Gasteiger partial charge in [-0.3, -0.25) is 0 Å². The second kappa shape index (κ2) is 18.6. The lowest BCUT2D eigenvalue weighted by Crippen LogP contribution is -2.69. The van der Waals surface area contributed by atoms with Gasteiger partial charge >= 0.3 is 0 Å². The fraction of sp³-hybridized carbons (Fsp3) is 0.265. The molecule has 56 heavy (non-hydrogen) atoms. The molecule has 6 aromatic rings. The molecular formula is C49H48O7. The van der Waals surface area contributed by atoms with Crippen LogP contribution in [-0.4, -0.2) is 36.8 Å². The minimum Gasteiger partial charge on any atom is -0.489 e. The highest BCUT2D eigenvalue weighted by Gasteiger charge is 2.59. The van der Waals surface area contributed by atoms with Gasteiger partial charge in [0.1, 0.15) is 36.4 Å². The third-order valence-electron chi connectivity index (χ3n) is 10.3. The summed E-state index contributed by atoms with van der Waals surface area (Å²) in [5, 5.41) is 0. The van der Waals surface area contributed by atoms with E-state index in [2.05, 4.69) is 66.7 Å². The van der Waals surface area contributed by atoms with Crippen molar-refractivity contribution < 1.29 is 33.2 Å². The molecule has 8 rings (SSSR count). The molecule has 0 amide bonds. The Labute approximate surface area is 329 Å². The van der Waals surface area contributed by atoms with Crippen LogP contribution >= 0.6 is 0 Å². The van der Waals surface area contributed by atoms with Crippen molar-refractivity contribution in [2.75, 3.05) is 6.61 Å². The van der Waals surface area contributed by atoms with Crippen molar-refractivity contribution in [2.24, 2.45) is 0 Å². The summed E-state index contributed by atoms with van der Waals surface area (Å²) in [7, 11) is 0. The van der Waals surface area contributed by atoms with Crippen molar-refractivity contribution in [2.45, 2.75) is 76.1 Å². The van der Waals surface area contributed by atoms with E-state index in [1.807, 2.05) is 103 Å². The Bertz CT molecular complexity index is 2060. The Hall–Kier alpha value is -5.28. The molecule has 0 bridgehead atoms. The third kappa shape index (κ3) is 9.56. The number of benzene rings is 6. The average Bonchev–Trinajstić information content (AvgIpc) is 3.26. The van der Waals surface area contributed by atoms with Gasteiger partial charge in [-0.1, -0.05) is 152 Å². The molecule has 0 radical (unpaired) electrons. The summed E-state index contributed by atoms with van der Waals surface area (Å²) in [6, 6.07) is 56.9. The lowest BCUT2D eigenvalue weighted by molar-refractivity contribution is -0.364. The summed E-state index contributed by atoms with van der Waals surface area (Å²) in [5.74, 6) is 0.313. The van der Waals surface area contributed by atoms with Gasteiger partial charge < -0.3 is 33.2 Å². The van der Waals surface area contributed by atoms with Crippen molar-refractivity contribution in [1.29, 1.82) is 0 Å². The van der Waals surface area contributed by atoms with Gasteiger partial charge in [-0.25, -0.2) is 0 Å². The summed E-state index contributed by atoms with van der Waals surface area (Å²) >= 11 is 0. The van der Waals surface area contributed by atoms with E-state index in [0.717, 1.165) is 44.9 Å². The van der Waals surface area contributed by atoms with Crippen molar-refractivity contribution in [3.8, 4) is 11.5 Å². The molecule has 0 saturated carbocycles. The van der Waals surface area contributed by atoms with Gasteiger partial charge in [0.05, 0.1) is 33.0 Å². The Balaban J connectivity index is 1.13. The van der Waals surface area contributed by atoms with Crippen LogP contribution in [0.5, 0.6) is 11.5 Å². The summed E-state index contributed by atoms with van der Waals surface area (Å²) in [5.41, 5.74) is 6.37. The number of ether oxygens (including phenoxy) is 7. The molecular weight excluding hydrogens is 701 g/mol. The van der Waals surface area contributed by atoms with Crippen LogP contribution in [0.3, 0.4) is 0 Å². The molecule has 5 unspecified atom stereocenters. The largest absolute Gasteiger partial charge is 0.489 e. The molecule has 6 aromatic carbocycles. The first-order chi connectivity index (χ1) is 27.7. The van der Waals surface area contributed by atoms with Crippen LogP contribution < -0.4 is 9.47 Å². The van der Waals surface area contributed by atoms with Gasteiger partial charge in [0.15, 0.2) is 6.10 Å². The van der Waals surface area contributed by atoms with Gasteiger partial charge in [0, 0.05) is 6.42 Å². The second-order valence-electron chi connectivity index (χ2n) is 14.4. The molecule has 286 valence electrons. The van der Waals surface area contributed by atoms with E-state index >= 15 is 0 Å². The molecule has 7 heteroatoms. The van der Waals surface area contributed by atoms with E-state index in [1.54, 1.807) is 0 Å². The fourth-order valence-electron chi connectivity index (χ4n) is 7.43. The summed E-state index contributed by atoms with van der Waals surface area (Å²) in [6.07, 6.45) is -1.15. The first kappa shape index (κ1) is 37.6. The third-order valence-corrected chi connectivity index (χ3v) is 10.3. The fourth-order valence-corrected chi connectivity index (χ4v) is 7.43. The maximum atomic E-state index is 7.22. The number of fused-ring (bicyclic) bond motifs is 1. The zero-order chi connectivity index (χ0) is 37.8. The Morgan fingerprint density at radius 3 is 1.54 bits per heavy atom. The molecule has 0 aliphatic carbocycles. The number of aryl methyl sites for hydroxylation is 1. The van der Waals surface area contributed by atoms with E-state index in [1.165, 1.54) is 0 Å². The number of hydrogen-bond acceptors (Lipinski definition) is 7. The predicted molar refractivity (Wildman–Crippen MR) is 215 cm³/mol. The van der Waals surface area contributed by atoms with Crippen LogP contribution in [0.4, 0.5) is 0 Å².